The minimum Gasteiger partial charge on any atom is -0.300 e. The zero-order valence-electron chi connectivity index (χ0n) is 9.13. The van der Waals surface area contributed by atoms with E-state index in [4.69, 9.17) is 0 Å². The molecule has 1 nitrogen and oxygen atoms in total. The third kappa shape index (κ3) is 5.30. The highest BCUT2D eigenvalue weighted by molar-refractivity contribution is 14.1. The fourth-order valence-electron chi connectivity index (χ4n) is 1.54. The molecule has 1 rings (SSSR count). The first kappa shape index (κ1) is 12.7. The Morgan fingerprint density at radius 1 is 1.20 bits per heavy atom. The summed E-state index contributed by atoms with van der Waals surface area (Å²) in [6, 6.07) is 8.52. The van der Waals surface area contributed by atoms with Gasteiger partial charge < -0.3 is 0 Å². The Labute approximate surface area is 105 Å². The SMILES string of the molecule is CCCC(=O)CCCc1ccc(I)cc1. The van der Waals surface area contributed by atoms with E-state index < -0.39 is 0 Å². The summed E-state index contributed by atoms with van der Waals surface area (Å²) in [5.41, 5.74) is 1.33. The third-order valence-corrected chi connectivity index (χ3v) is 3.08. The molecule has 0 aliphatic heterocycles. The van der Waals surface area contributed by atoms with Crippen LogP contribution in [0, 0.1) is 3.57 Å². The van der Waals surface area contributed by atoms with Crippen molar-refractivity contribution in [2.24, 2.45) is 0 Å². The van der Waals surface area contributed by atoms with Crippen molar-refractivity contribution in [2.45, 2.75) is 39.0 Å². The molecule has 15 heavy (non-hydrogen) atoms. The van der Waals surface area contributed by atoms with Gasteiger partial charge in [0.2, 0.25) is 0 Å². The number of hydrogen-bond acceptors (Lipinski definition) is 1. The molecule has 0 aliphatic rings. The molecule has 1 aromatic carbocycles. The average Bonchev–Trinajstić information content (AvgIpc) is 2.21. The largest absolute Gasteiger partial charge is 0.300 e. The fraction of sp³-hybridized carbons (Fsp3) is 0.462. The van der Waals surface area contributed by atoms with E-state index >= 15 is 0 Å². The summed E-state index contributed by atoms with van der Waals surface area (Å²) < 4.78 is 1.26. The van der Waals surface area contributed by atoms with E-state index in [-0.39, 0.29) is 0 Å². The van der Waals surface area contributed by atoms with E-state index in [1.165, 1.54) is 9.13 Å². The normalized spacial score (nSPS) is 10.3. The molecule has 0 amide bonds. The lowest BCUT2D eigenvalue weighted by molar-refractivity contribution is -0.119. The summed E-state index contributed by atoms with van der Waals surface area (Å²) in [5.74, 6) is 0.406. The van der Waals surface area contributed by atoms with Gasteiger partial charge in [-0.15, -0.1) is 0 Å². The highest BCUT2D eigenvalue weighted by Crippen LogP contribution is 2.10. The van der Waals surface area contributed by atoms with Crippen molar-refractivity contribution in [3.63, 3.8) is 0 Å². The molecular weight excluding hydrogens is 299 g/mol. The molecule has 0 aromatic heterocycles. The molecule has 0 bridgehead atoms. The van der Waals surface area contributed by atoms with E-state index in [0.29, 0.717) is 5.78 Å². The summed E-state index contributed by atoms with van der Waals surface area (Å²) in [6.07, 6.45) is 4.46. The van der Waals surface area contributed by atoms with Gasteiger partial charge in [-0.05, 0) is 59.5 Å². The maximum Gasteiger partial charge on any atom is 0.132 e. The minimum absolute atomic E-state index is 0.406. The van der Waals surface area contributed by atoms with Gasteiger partial charge in [0.05, 0.1) is 0 Å². The monoisotopic (exact) mass is 316 g/mol. The van der Waals surface area contributed by atoms with Crippen LogP contribution in [-0.2, 0) is 11.2 Å². The van der Waals surface area contributed by atoms with Crippen LogP contribution in [0.4, 0.5) is 0 Å². The van der Waals surface area contributed by atoms with Crippen molar-refractivity contribution in [2.75, 3.05) is 0 Å². The van der Waals surface area contributed by atoms with Crippen molar-refractivity contribution in [3.05, 3.63) is 33.4 Å². The molecule has 0 aliphatic carbocycles. The smallest absolute Gasteiger partial charge is 0.132 e. The number of aryl methyl sites for hydroxylation is 1. The van der Waals surface area contributed by atoms with Gasteiger partial charge in [-0.2, -0.15) is 0 Å². The molecule has 0 saturated heterocycles. The van der Waals surface area contributed by atoms with Gasteiger partial charge in [-0.3, -0.25) is 4.79 Å². The molecular formula is C13H17IO. The highest BCUT2D eigenvalue weighted by Gasteiger charge is 2.00. The van der Waals surface area contributed by atoms with E-state index in [9.17, 15) is 4.79 Å². The summed E-state index contributed by atoms with van der Waals surface area (Å²) in [4.78, 5) is 11.3. The topological polar surface area (TPSA) is 17.1 Å². The molecule has 82 valence electrons. The van der Waals surface area contributed by atoms with Gasteiger partial charge in [-0.25, -0.2) is 0 Å². The Hall–Kier alpha value is -0.380. The van der Waals surface area contributed by atoms with Crippen LogP contribution in [0.1, 0.15) is 38.2 Å². The second-order valence-corrected chi connectivity index (χ2v) is 5.01. The number of hydrogen-bond donors (Lipinski definition) is 0. The molecule has 1 aromatic rings. The average molecular weight is 316 g/mol. The van der Waals surface area contributed by atoms with Crippen molar-refractivity contribution in [1.29, 1.82) is 0 Å². The lowest BCUT2D eigenvalue weighted by Crippen LogP contribution is -1.97. The number of carbonyl (C=O) groups excluding carboxylic acids is 1. The van der Waals surface area contributed by atoms with Gasteiger partial charge >= 0.3 is 0 Å². The van der Waals surface area contributed by atoms with E-state index in [0.717, 1.165) is 32.1 Å². The minimum atomic E-state index is 0.406. The van der Waals surface area contributed by atoms with Crippen LogP contribution in [0.25, 0.3) is 0 Å². The number of Topliss-reactive ketones (excluding diaryl/α,β-unsaturated/α-hetero) is 1. The Bertz CT molecular complexity index is 303. The predicted molar refractivity (Wildman–Crippen MR) is 72.0 cm³/mol. The number of ketones is 1. The van der Waals surface area contributed by atoms with Gasteiger partial charge in [0.25, 0.3) is 0 Å². The zero-order valence-corrected chi connectivity index (χ0v) is 11.3. The first-order valence-corrected chi connectivity index (χ1v) is 6.56. The fourth-order valence-corrected chi connectivity index (χ4v) is 1.90. The van der Waals surface area contributed by atoms with Crippen LogP contribution in [0.3, 0.4) is 0 Å². The summed E-state index contributed by atoms with van der Waals surface area (Å²) >= 11 is 2.30. The number of benzene rings is 1. The van der Waals surface area contributed by atoms with E-state index in [1.807, 2.05) is 0 Å². The third-order valence-electron chi connectivity index (χ3n) is 2.36. The molecule has 2 heteroatoms. The Morgan fingerprint density at radius 2 is 1.87 bits per heavy atom. The summed E-state index contributed by atoms with van der Waals surface area (Å²) in [5, 5.41) is 0. The van der Waals surface area contributed by atoms with Crippen molar-refractivity contribution in [1.82, 2.24) is 0 Å². The van der Waals surface area contributed by atoms with Gasteiger partial charge in [0.15, 0.2) is 0 Å². The van der Waals surface area contributed by atoms with Crippen molar-refractivity contribution < 1.29 is 4.79 Å². The second-order valence-electron chi connectivity index (χ2n) is 3.77. The Balaban J connectivity index is 2.26. The van der Waals surface area contributed by atoms with Crippen LogP contribution in [0.2, 0.25) is 0 Å². The molecule has 0 fully saturated rings. The maximum atomic E-state index is 11.3. The van der Waals surface area contributed by atoms with Gasteiger partial charge in [-0.1, -0.05) is 19.1 Å². The first-order chi connectivity index (χ1) is 7.22. The van der Waals surface area contributed by atoms with Gasteiger partial charge in [0.1, 0.15) is 5.78 Å². The van der Waals surface area contributed by atoms with E-state index in [2.05, 4.69) is 53.8 Å². The second kappa shape index (κ2) is 6.99. The number of rotatable bonds is 6. The van der Waals surface area contributed by atoms with Crippen LogP contribution >= 0.6 is 22.6 Å². The molecule has 0 unspecified atom stereocenters. The Kier molecular flexibility index (Phi) is 5.91. The molecule has 0 saturated carbocycles. The number of halogens is 1. The molecule has 0 N–H and O–H groups in total. The Morgan fingerprint density at radius 3 is 2.47 bits per heavy atom. The van der Waals surface area contributed by atoms with Crippen LogP contribution in [0.5, 0.6) is 0 Å². The highest BCUT2D eigenvalue weighted by atomic mass is 127. The molecule has 0 spiro atoms. The summed E-state index contributed by atoms with van der Waals surface area (Å²) in [7, 11) is 0. The lowest BCUT2D eigenvalue weighted by atomic mass is 10.1. The number of carbonyl (C=O) groups is 1. The summed E-state index contributed by atoms with van der Waals surface area (Å²) in [6.45, 7) is 2.05. The van der Waals surface area contributed by atoms with Crippen molar-refractivity contribution >= 4 is 28.4 Å². The predicted octanol–water partition coefficient (Wildman–Crippen LogP) is 3.98. The standard InChI is InChI=1S/C13H17IO/c1-2-4-13(15)6-3-5-11-7-9-12(14)10-8-11/h7-10H,2-6H2,1H3. The first-order valence-electron chi connectivity index (χ1n) is 5.48. The van der Waals surface area contributed by atoms with Crippen LogP contribution < -0.4 is 0 Å². The molecule has 0 heterocycles. The lowest BCUT2D eigenvalue weighted by Gasteiger charge is -2.01. The quantitative estimate of drug-likeness (QED) is 0.726. The van der Waals surface area contributed by atoms with Crippen LogP contribution in [-0.4, -0.2) is 5.78 Å². The van der Waals surface area contributed by atoms with Crippen LogP contribution in [0.15, 0.2) is 24.3 Å². The molecule has 0 radical (unpaired) electrons. The van der Waals surface area contributed by atoms with E-state index in [1.54, 1.807) is 0 Å². The maximum absolute atomic E-state index is 11.3. The van der Waals surface area contributed by atoms with Gasteiger partial charge in [0, 0.05) is 16.4 Å². The zero-order chi connectivity index (χ0) is 11.1. The molecule has 0 atom stereocenters. The van der Waals surface area contributed by atoms with Crippen molar-refractivity contribution in [3.8, 4) is 0 Å².